The minimum atomic E-state index is -1.07. The van der Waals surface area contributed by atoms with E-state index >= 15 is 0 Å². The van der Waals surface area contributed by atoms with Crippen molar-refractivity contribution < 1.29 is 19.8 Å². The fourth-order valence-electron chi connectivity index (χ4n) is 3.40. The van der Waals surface area contributed by atoms with Crippen molar-refractivity contribution in [1.82, 2.24) is 14.9 Å². The van der Waals surface area contributed by atoms with Gasteiger partial charge in [0.05, 0.1) is 6.33 Å². The number of rotatable bonds is 10. The smallest absolute Gasteiger partial charge is 0.321 e. The molecule has 0 unspecified atom stereocenters. The maximum atomic E-state index is 11.7. The summed E-state index contributed by atoms with van der Waals surface area (Å²) < 4.78 is 1.91. The summed E-state index contributed by atoms with van der Waals surface area (Å²) in [6.07, 6.45) is 3.83. The first-order valence-electron chi connectivity index (χ1n) is 9.43. The standard InChI is InChI=1S/C21H29N3O4/c1-13(2)5-18(20(25)26)23-19(21(27)28)9-17-10-22-12-24(17)11-16-7-14(3)6-15(4)8-16/h6-8,10,12-13,18-19,23H,5,9,11H2,1-4H3,(H,25,26)(H,27,28)/t18-,19-/m0/s1. The molecule has 0 saturated carbocycles. The lowest BCUT2D eigenvalue weighted by Crippen LogP contribution is -2.49. The van der Waals surface area contributed by atoms with Crippen LogP contribution in [-0.2, 0) is 22.6 Å². The quantitative estimate of drug-likeness (QED) is 0.579. The highest BCUT2D eigenvalue weighted by Crippen LogP contribution is 2.14. The Morgan fingerprint density at radius 3 is 2.21 bits per heavy atom. The van der Waals surface area contributed by atoms with Gasteiger partial charge >= 0.3 is 11.9 Å². The molecule has 7 heteroatoms. The van der Waals surface area contributed by atoms with Gasteiger partial charge in [-0.1, -0.05) is 43.2 Å². The first kappa shape index (κ1) is 21.6. The first-order chi connectivity index (χ1) is 13.2. The number of benzene rings is 1. The van der Waals surface area contributed by atoms with Crippen molar-refractivity contribution >= 4 is 11.9 Å². The van der Waals surface area contributed by atoms with E-state index in [1.54, 1.807) is 12.5 Å². The van der Waals surface area contributed by atoms with Crippen molar-refractivity contribution in [2.45, 2.75) is 59.2 Å². The predicted octanol–water partition coefficient (Wildman–Crippen LogP) is 2.63. The number of carbonyl (C=O) groups is 2. The molecule has 0 amide bonds. The van der Waals surface area contributed by atoms with Gasteiger partial charge in [0, 0.05) is 24.9 Å². The Morgan fingerprint density at radius 1 is 1.07 bits per heavy atom. The zero-order valence-corrected chi connectivity index (χ0v) is 16.8. The Hall–Kier alpha value is -2.67. The maximum Gasteiger partial charge on any atom is 0.321 e. The molecule has 2 rings (SSSR count). The van der Waals surface area contributed by atoms with Crippen LogP contribution in [0.15, 0.2) is 30.7 Å². The summed E-state index contributed by atoms with van der Waals surface area (Å²) >= 11 is 0. The maximum absolute atomic E-state index is 11.7. The van der Waals surface area contributed by atoms with Crippen LogP contribution in [-0.4, -0.2) is 43.8 Å². The zero-order chi connectivity index (χ0) is 20.8. The number of carboxylic acids is 2. The molecule has 0 aliphatic carbocycles. The van der Waals surface area contributed by atoms with Crippen molar-refractivity contribution in [2.24, 2.45) is 5.92 Å². The summed E-state index contributed by atoms with van der Waals surface area (Å²) in [4.78, 5) is 27.4. The molecule has 7 nitrogen and oxygen atoms in total. The van der Waals surface area contributed by atoms with Crippen LogP contribution in [0.25, 0.3) is 0 Å². The van der Waals surface area contributed by atoms with Crippen LogP contribution in [0.1, 0.15) is 42.7 Å². The van der Waals surface area contributed by atoms with Gasteiger partial charge in [0.15, 0.2) is 0 Å². The third kappa shape index (κ3) is 6.20. The number of imidazole rings is 1. The molecule has 0 aliphatic heterocycles. The van der Waals surface area contributed by atoms with Gasteiger partial charge in [-0.25, -0.2) is 4.98 Å². The summed E-state index contributed by atoms with van der Waals surface area (Å²) in [5.74, 6) is -1.98. The third-order valence-corrected chi connectivity index (χ3v) is 4.55. The van der Waals surface area contributed by atoms with Crippen molar-refractivity contribution in [3.05, 3.63) is 53.1 Å². The van der Waals surface area contributed by atoms with E-state index in [0.29, 0.717) is 13.0 Å². The molecule has 1 aromatic heterocycles. The van der Waals surface area contributed by atoms with Crippen molar-refractivity contribution in [1.29, 1.82) is 0 Å². The van der Waals surface area contributed by atoms with E-state index in [1.807, 2.05) is 32.3 Å². The summed E-state index contributed by atoms with van der Waals surface area (Å²) in [5.41, 5.74) is 4.19. The lowest BCUT2D eigenvalue weighted by Gasteiger charge is -2.22. The van der Waals surface area contributed by atoms with Gasteiger partial charge in [-0.05, 0) is 31.7 Å². The SMILES string of the molecule is Cc1cc(C)cc(Cn2cncc2C[C@H](N[C@@H](CC(C)C)C(=O)O)C(=O)O)c1. The summed E-state index contributed by atoms with van der Waals surface area (Å²) in [6.45, 7) is 8.48. The van der Waals surface area contributed by atoms with Gasteiger partial charge in [-0.3, -0.25) is 14.9 Å². The molecule has 3 N–H and O–H groups in total. The normalized spacial score (nSPS) is 13.5. The second-order valence-corrected chi connectivity index (χ2v) is 7.79. The lowest BCUT2D eigenvalue weighted by atomic mass is 10.0. The summed E-state index contributed by atoms with van der Waals surface area (Å²) in [5, 5.41) is 21.8. The van der Waals surface area contributed by atoms with Crippen LogP contribution in [0.4, 0.5) is 0 Å². The van der Waals surface area contributed by atoms with Gasteiger partial charge < -0.3 is 14.8 Å². The third-order valence-electron chi connectivity index (χ3n) is 4.55. The number of hydrogen-bond acceptors (Lipinski definition) is 4. The molecule has 0 fully saturated rings. The van der Waals surface area contributed by atoms with Crippen LogP contribution in [0.3, 0.4) is 0 Å². The minimum absolute atomic E-state index is 0.137. The van der Waals surface area contributed by atoms with E-state index in [0.717, 1.165) is 11.3 Å². The fraction of sp³-hybridized carbons (Fsp3) is 0.476. The van der Waals surface area contributed by atoms with Gasteiger partial charge in [0.1, 0.15) is 12.1 Å². The van der Waals surface area contributed by atoms with Crippen molar-refractivity contribution in [3.63, 3.8) is 0 Å². The molecule has 0 spiro atoms. The van der Waals surface area contributed by atoms with E-state index in [9.17, 15) is 19.8 Å². The highest BCUT2D eigenvalue weighted by atomic mass is 16.4. The number of aromatic nitrogens is 2. The molecular weight excluding hydrogens is 358 g/mol. The van der Waals surface area contributed by atoms with Crippen molar-refractivity contribution in [2.75, 3.05) is 0 Å². The highest BCUT2D eigenvalue weighted by Gasteiger charge is 2.27. The number of nitrogens with zero attached hydrogens (tertiary/aromatic N) is 2. The van der Waals surface area contributed by atoms with Crippen molar-refractivity contribution in [3.8, 4) is 0 Å². The Labute approximate surface area is 165 Å². The minimum Gasteiger partial charge on any atom is -0.480 e. The summed E-state index contributed by atoms with van der Waals surface area (Å²) in [7, 11) is 0. The van der Waals surface area contributed by atoms with Gasteiger partial charge in [-0.15, -0.1) is 0 Å². The number of hydrogen-bond donors (Lipinski definition) is 3. The average Bonchev–Trinajstić information content (AvgIpc) is 2.98. The molecular formula is C21H29N3O4. The Morgan fingerprint density at radius 2 is 1.68 bits per heavy atom. The fourth-order valence-corrected chi connectivity index (χ4v) is 3.40. The zero-order valence-electron chi connectivity index (χ0n) is 16.8. The van der Waals surface area contributed by atoms with E-state index in [1.165, 1.54) is 11.1 Å². The highest BCUT2D eigenvalue weighted by molar-refractivity contribution is 5.77. The van der Waals surface area contributed by atoms with Gasteiger partial charge in [0.2, 0.25) is 0 Å². The molecule has 0 radical (unpaired) electrons. The van der Waals surface area contributed by atoms with Crippen LogP contribution < -0.4 is 5.32 Å². The average molecular weight is 387 g/mol. The van der Waals surface area contributed by atoms with Crippen LogP contribution in [0.2, 0.25) is 0 Å². The molecule has 2 atom stereocenters. The molecule has 1 aromatic carbocycles. The van der Waals surface area contributed by atoms with Gasteiger partial charge in [-0.2, -0.15) is 0 Å². The lowest BCUT2D eigenvalue weighted by molar-refractivity contribution is -0.142. The largest absolute Gasteiger partial charge is 0.480 e. The molecule has 28 heavy (non-hydrogen) atoms. The van der Waals surface area contributed by atoms with Crippen LogP contribution in [0.5, 0.6) is 0 Å². The monoisotopic (exact) mass is 387 g/mol. The Bertz CT molecular complexity index is 809. The van der Waals surface area contributed by atoms with Crippen LogP contribution in [0, 0.1) is 19.8 Å². The number of aryl methyl sites for hydroxylation is 2. The van der Waals surface area contributed by atoms with Crippen LogP contribution >= 0.6 is 0 Å². The Kier molecular flexibility index (Phi) is 7.34. The molecule has 0 bridgehead atoms. The van der Waals surface area contributed by atoms with E-state index in [4.69, 9.17) is 0 Å². The number of aliphatic carboxylic acids is 2. The van der Waals surface area contributed by atoms with E-state index < -0.39 is 24.0 Å². The molecule has 2 aromatic rings. The topological polar surface area (TPSA) is 104 Å². The second-order valence-electron chi connectivity index (χ2n) is 7.79. The second kappa shape index (κ2) is 9.50. The molecule has 1 heterocycles. The molecule has 0 saturated heterocycles. The predicted molar refractivity (Wildman–Crippen MR) is 106 cm³/mol. The molecule has 152 valence electrons. The number of nitrogens with one attached hydrogen (secondary N) is 1. The van der Waals surface area contributed by atoms with E-state index in [2.05, 4.69) is 28.5 Å². The number of carboxylic acid groups (broad SMARTS) is 2. The van der Waals surface area contributed by atoms with Gasteiger partial charge in [0.25, 0.3) is 0 Å². The summed E-state index contributed by atoms with van der Waals surface area (Å²) in [6, 6.07) is 4.37. The molecule has 0 aliphatic rings. The van der Waals surface area contributed by atoms with E-state index in [-0.39, 0.29) is 12.3 Å². The first-order valence-corrected chi connectivity index (χ1v) is 9.43. The Balaban J connectivity index is 2.17.